The normalized spacial score (nSPS) is 20.1. The van der Waals surface area contributed by atoms with Gasteiger partial charge in [-0.2, -0.15) is 5.10 Å². The van der Waals surface area contributed by atoms with E-state index in [1.54, 1.807) is 0 Å². The van der Waals surface area contributed by atoms with Gasteiger partial charge in [-0.05, 0) is 56.3 Å². The molecule has 1 aliphatic rings. The van der Waals surface area contributed by atoms with Gasteiger partial charge >= 0.3 is 0 Å². The van der Waals surface area contributed by atoms with Crippen LogP contribution in [0.1, 0.15) is 31.0 Å². The number of thioether (sulfide) groups is 1. The number of hydrogen-bond donors (Lipinski definition) is 2. The summed E-state index contributed by atoms with van der Waals surface area (Å²) in [6.07, 6.45) is 4.00. The van der Waals surface area contributed by atoms with Crippen LogP contribution >= 0.6 is 11.8 Å². The average Bonchev–Trinajstić information content (AvgIpc) is 3.22. The Morgan fingerprint density at radius 1 is 1.44 bits per heavy atom. The van der Waals surface area contributed by atoms with Crippen molar-refractivity contribution >= 4 is 33.6 Å². The summed E-state index contributed by atoms with van der Waals surface area (Å²) >= 11 is 1.84. The van der Waals surface area contributed by atoms with Crippen molar-refractivity contribution in [1.82, 2.24) is 14.8 Å². The number of rotatable bonds is 4. The summed E-state index contributed by atoms with van der Waals surface area (Å²) < 4.78 is 1.89. The summed E-state index contributed by atoms with van der Waals surface area (Å²) in [5.41, 5.74) is 9.46. The van der Waals surface area contributed by atoms with E-state index in [1.807, 2.05) is 23.3 Å². The highest BCUT2D eigenvalue weighted by Gasteiger charge is 2.29. The van der Waals surface area contributed by atoms with E-state index in [1.165, 1.54) is 5.56 Å². The quantitative estimate of drug-likeness (QED) is 0.753. The van der Waals surface area contributed by atoms with Crippen molar-refractivity contribution in [2.24, 2.45) is 5.73 Å². The Bertz CT molecular complexity index is 1040. The Morgan fingerprint density at radius 3 is 3.00 bits per heavy atom. The van der Waals surface area contributed by atoms with Crippen LogP contribution in [0, 0.1) is 6.92 Å². The molecule has 1 aromatic carbocycles. The van der Waals surface area contributed by atoms with Crippen molar-refractivity contribution in [2.75, 3.05) is 6.54 Å². The molecule has 0 fully saturated rings. The molecular formula is C19H22N4OS. The molecule has 25 heavy (non-hydrogen) atoms. The van der Waals surface area contributed by atoms with E-state index in [0.29, 0.717) is 18.5 Å². The molecule has 1 unspecified atom stereocenters. The van der Waals surface area contributed by atoms with Crippen molar-refractivity contribution < 1.29 is 0 Å². The minimum atomic E-state index is 0.0121. The number of fused-ring (bicyclic) bond motifs is 3. The number of aromatic nitrogens is 3. The lowest BCUT2D eigenvalue weighted by molar-refractivity contribution is 0.653. The highest BCUT2D eigenvalue weighted by atomic mass is 32.2. The van der Waals surface area contributed by atoms with Crippen LogP contribution in [-0.4, -0.2) is 21.3 Å². The number of nitrogens with zero attached hydrogens (tertiary/aromatic N) is 2. The van der Waals surface area contributed by atoms with E-state index in [4.69, 9.17) is 5.73 Å². The van der Waals surface area contributed by atoms with E-state index in [-0.39, 0.29) is 10.3 Å². The van der Waals surface area contributed by atoms with Gasteiger partial charge in [-0.3, -0.25) is 9.89 Å². The Labute approximate surface area is 150 Å². The monoisotopic (exact) mass is 354 g/mol. The number of H-pyrrole nitrogens is 1. The first-order valence-corrected chi connectivity index (χ1v) is 9.48. The van der Waals surface area contributed by atoms with Gasteiger partial charge in [-0.1, -0.05) is 12.1 Å². The summed E-state index contributed by atoms with van der Waals surface area (Å²) in [7, 11) is 0. The highest BCUT2D eigenvalue weighted by molar-refractivity contribution is 8.03. The van der Waals surface area contributed by atoms with Crippen LogP contribution in [-0.2, 0) is 11.3 Å². The summed E-state index contributed by atoms with van der Waals surface area (Å²) in [4.78, 5) is 13.0. The zero-order valence-corrected chi connectivity index (χ0v) is 15.3. The summed E-state index contributed by atoms with van der Waals surface area (Å²) in [6, 6.07) is 6.42. The van der Waals surface area contributed by atoms with Gasteiger partial charge in [0.2, 0.25) is 0 Å². The van der Waals surface area contributed by atoms with E-state index in [0.717, 1.165) is 35.0 Å². The van der Waals surface area contributed by atoms with E-state index in [2.05, 4.69) is 46.8 Å². The summed E-state index contributed by atoms with van der Waals surface area (Å²) in [5, 5.41) is 11.3. The highest BCUT2D eigenvalue weighted by Crippen LogP contribution is 2.45. The Morgan fingerprint density at radius 2 is 2.28 bits per heavy atom. The van der Waals surface area contributed by atoms with Gasteiger partial charge in [0.05, 0.1) is 10.9 Å². The van der Waals surface area contributed by atoms with Crippen LogP contribution < -0.4 is 11.3 Å². The molecule has 0 radical (unpaired) electrons. The Hall–Kier alpha value is -2.05. The number of benzene rings is 1. The summed E-state index contributed by atoms with van der Waals surface area (Å²) in [5.74, 6) is 0. The van der Waals surface area contributed by atoms with Crippen LogP contribution in [0.5, 0.6) is 0 Å². The average molecular weight is 354 g/mol. The maximum Gasteiger partial charge on any atom is 0.262 e. The largest absolute Gasteiger partial charge is 0.330 e. The van der Waals surface area contributed by atoms with E-state index in [9.17, 15) is 4.79 Å². The van der Waals surface area contributed by atoms with E-state index < -0.39 is 0 Å². The van der Waals surface area contributed by atoms with Gasteiger partial charge in [0.1, 0.15) is 5.52 Å². The second kappa shape index (κ2) is 6.04. The predicted molar refractivity (Wildman–Crippen MR) is 105 cm³/mol. The molecule has 2 aromatic heterocycles. The molecule has 4 rings (SSSR count). The number of allylic oxidation sites excluding steroid dienone is 1. The van der Waals surface area contributed by atoms with Crippen molar-refractivity contribution in [3.05, 3.63) is 51.3 Å². The first-order valence-electron chi connectivity index (χ1n) is 8.60. The molecule has 1 atom stereocenters. The number of nitrogens with one attached hydrogen (secondary N) is 1. The molecule has 3 heterocycles. The molecule has 130 valence electrons. The molecule has 0 aliphatic carbocycles. The minimum Gasteiger partial charge on any atom is -0.330 e. The third kappa shape index (κ3) is 2.51. The van der Waals surface area contributed by atoms with Crippen LogP contribution in [0.2, 0.25) is 0 Å². The van der Waals surface area contributed by atoms with Crippen LogP contribution in [0.3, 0.4) is 0 Å². The van der Waals surface area contributed by atoms with Crippen molar-refractivity contribution in [1.29, 1.82) is 0 Å². The maximum absolute atomic E-state index is 13.0. The second-order valence-corrected chi connectivity index (χ2v) is 8.24. The van der Waals surface area contributed by atoms with Crippen molar-refractivity contribution in [2.45, 2.75) is 38.0 Å². The molecule has 3 aromatic rings. The van der Waals surface area contributed by atoms with Crippen molar-refractivity contribution in [3.8, 4) is 0 Å². The fourth-order valence-corrected chi connectivity index (χ4v) is 4.55. The molecule has 0 saturated heterocycles. The third-order valence-corrected chi connectivity index (χ3v) is 6.33. The SMILES string of the molecule is Cc1[nH]nc2c1c(=O)n(CCCN)c1ccc(C3(C)CC=CS3)cc21. The van der Waals surface area contributed by atoms with Crippen LogP contribution in [0.15, 0.2) is 34.5 Å². The first-order chi connectivity index (χ1) is 12.0. The van der Waals surface area contributed by atoms with Gasteiger partial charge in [-0.25, -0.2) is 0 Å². The van der Waals surface area contributed by atoms with Crippen LogP contribution in [0.4, 0.5) is 0 Å². The Balaban J connectivity index is 2.02. The van der Waals surface area contributed by atoms with Crippen LogP contribution in [0.25, 0.3) is 21.8 Å². The van der Waals surface area contributed by atoms with Gasteiger partial charge in [0.25, 0.3) is 5.56 Å². The number of pyridine rings is 1. The Kier molecular flexibility index (Phi) is 3.96. The molecule has 6 heteroatoms. The minimum absolute atomic E-state index is 0.0121. The molecule has 0 saturated carbocycles. The van der Waals surface area contributed by atoms with Gasteiger partial charge in [-0.15, -0.1) is 11.8 Å². The molecular weight excluding hydrogens is 332 g/mol. The molecule has 3 N–H and O–H groups in total. The lowest BCUT2D eigenvalue weighted by Gasteiger charge is -2.24. The number of nitrogens with two attached hydrogens (primary N) is 1. The standard InChI is InChI=1S/C19H22N4OS/c1-12-16-17(22-21-12)14-11-13(19(2)7-3-10-25-19)5-6-15(14)23(18(16)24)9-4-8-20/h3,5-6,10-11H,4,7-9,20H2,1-2H3,(H,21,22). The predicted octanol–water partition coefficient (Wildman–Crippen LogP) is 3.40. The smallest absolute Gasteiger partial charge is 0.262 e. The van der Waals surface area contributed by atoms with Gasteiger partial charge in [0, 0.05) is 22.4 Å². The first kappa shape index (κ1) is 16.4. The number of hydrogen-bond acceptors (Lipinski definition) is 4. The fourth-order valence-electron chi connectivity index (χ4n) is 3.60. The molecule has 1 aliphatic heterocycles. The number of aryl methyl sites for hydroxylation is 2. The molecule has 0 bridgehead atoms. The van der Waals surface area contributed by atoms with E-state index >= 15 is 0 Å². The lowest BCUT2D eigenvalue weighted by atomic mass is 9.95. The summed E-state index contributed by atoms with van der Waals surface area (Å²) in [6.45, 7) is 5.35. The molecule has 5 nitrogen and oxygen atoms in total. The zero-order valence-electron chi connectivity index (χ0n) is 14.5. The lowest BCUT2D eigenvalue weighted by Crippen LogP contribution is -2.23. The van der Waals surface area contributed by atoms with Gasteiger partial charge < -0.3 is 10.3 Å². The van der Waals surface area contributed by atoms with Gasteiger partial charge in [0.15, 0.2) is 0 Å². The molecule has 0 amide bonds. The van der Waals surface area contributed by atoms with Crippen molar-refractivity contribution in [3.63, 3.8) is 0 Å². The number of aromatic amines is 1. The molecule has 0 spiro atoms. The second-order valence-electron chi connectivity index (χ2n) is 6.83. The fraction of sp³-hybridized carbons (Fsp3) is 0.368. The zero-order chi connectivity index (χ0) is 17.6. The maximum atomic E-state index is 13.0. The third-order valence-electron chi connectivity index (χ3n) is 5.08. The topological polar surface area (TPSA) is 76.7 Å².